The standard InChI is InChI=1S/C58H38N2OS/c1-4-15-39(16-5-1)41-27-32-45(33-28-41)59(44-20-8-3-9-21-44)52-37-47(38-54-57(52)56-48-22-11-10-19-43(48)31-36-53(56)61-54)60(46-34-29-42(30-35-46)40-17-6-2-7-18-40)51-25-14-24-50-49-23-12-13-26-55(49)62-58(50)51/h1-38H. The van der Waals surface area contributed by atoms with Gasteiger partial charge in [0.25, 0.3) is 0 Å². The Bertz CT molecular complexity index is 3560. The molecule has 62 heavy (non-hydrogen) atoms. The molecular formula is C58H38N2OS. The SMILES string of the molecule is c1ccc(-c2ccc(N(c3cc(N(c4ccccc4)c4ccc(-c5ccccc5)cc4)c4c(c3)oc3ccc5ccccc5c34)c3cccc4c3sc3ccccc34)cc2)cc1. The fourth-order valence-corrected chi connectivity index (χ4v) is 10.4. The summed E-state index contributed by atoms with van der Waals surface area (Å²) in [5, 5.41) is 7.02. The van der Waals surface area contributed by atoms with Crippen LogP contribution in [0.2, 0.25) is 0 Å². The highest BCUT2D eigenvalue weighted by atomic mass is 32.1. The molecule has 0 saturated heterocycles. The van der Waals surface area contributed by atoms with Gasteiger partial charge in [0.1, 0.15) is 11.2 Å². The first-order chi connectivity index (χ1) is 30.7. The quantitative estimate of drug-likeness (QED) is 0.152. The molecule has 3 nitrogen and oxygen atoms in total. The maximum absolute atomic E-state index is 7.02. The van der Waals surface area contributed by atoms with Gasteiger partial charge in [-0.25, -0.2) is 0 Å². The lowest BCUT2D eigenvalue weighted by Crippen LogP contribution is -2.13. The minimum atomic E-state index is 0.820. The number of hydrogen-bond donors (Lipinski definition) is 0. The van der Waals surface area contributed by atoms with Gasteiger partial charge in [0, 0.05) is 44.0 Å². The van der Waals surface area contributed by atoms with Crippen molar-refractivity contribution >= 4 is 98.3 Å². The Morgan fingerprint density at radius 1 is 0.323 bits per heavy atom. The zero-order valence-electron chi connectivity index (χ0n) is 33.7. The molecule has 0 aliphatic carbocycles. The van der Waals surface area contributed by atoms with E-state index in [0.29, 0.717) is 0 Å². The van der Waals surface area contributed by atoms with Crippen molar-refractivity contribution in [1.29, 1.82) is 0 Å². The van der Waals surface area contributed by atoms with E-state index in [1.165, 1.54) is 47.8 Å². The van der Waals surface area contributed by atoms with Crippen LogP contribution in [-0.2, 0) is 0 Å². The van der Waals surface area contributed by atoms with E-state index in [1.54, 1.807) is 0 Å². The highest BCUT2D eigenvalue weighted by Crippen LogP contribution is 2.51. The molecule has 0 radical (unpaired) electrons. The van der Waals surface area contributed by atoms with Crippen LogP contribution in [0.5, 0.6) is 0 Å². The number of fused-ring (bicyclic) bond motifs is 8. The van der Waals surface area contributed by atoms with Crippen LogP contribution in [0.4, 0.5) is 34.1 Å². The number of rotatable bonds is 8. The number of furan rings is 1. The molecule has 0 atom stereocenters. The second-order valence-electron chi connectivity index (χ2n) is 15.7. The predicted octanol–water partition coefficient (Wildman–Crippen LogP) is 17.4. The van der Waals surface area contributed by atoms with E-state index in [2.05, 4.69) is 240 Å². The summed E-state index contributed by atoms with van der Waals surface area (Å²) in [6.45, 7) is 0. The van der Waals surface area contributed by atoms with Gasteiger partial charge in [-0.3, -0.25) is 0 Å². The molecule has 0 aliphatic rings. The summed E-state index contributed by atoms with van der Waals surface area (Å²) in [6.07, 6.45) is 0. The molecule has 12 rings (SSSR count). The Hall–Kier alpha value is -7.92. The van der Waals surface area contributed by atoms with Gasteiger partial charge in [0.05, 0.1) is 27.1 Å². The van der Waals surface area contributed by atoms with Gasteiger partial charge in [-0.1, -0.05) is 164 Å². The number of para-hydroxylation sites is 1. The van der Waals surface area contributed by atoms with Crippen molar-refractivity contribution in [3.8, 4) is 22.3 Å². The van der Waals surface area contributed by atoms with E-state index in [0.717, 1.165) is 61.4 Å². The van der Waals surface area contributed by atoms with E-state index in [-0.39, 0.29) is 0 Å². The third-order valence-corrected chi connectivity index (χ3v) is 13.2. The maximum atomic E-state index is 7.02. The van der Waals surface area contributed by atoms with Crippen LogP contribution in [-0.4, -0.2) is 0 Å². The number of anilines is 6. The topological polar surface area (TPSA) is 19.6 Å². The first-order valence-corrected chi connectivity index (χ1v) is 21.8. The van der Waals surface area contributed by atoms with Crippen molar-refractivity contribution in [3.63, 3.8) is 0 Å². The number of benzene rings is 10. The third kappa shape index (κ3) is 6.11. The van der Waals surface area contributed by atoms with Gasteiger partial charge in [-0.2, -0.15) is 0 Å². The monoisotopic (exact) mass is 810 g/mol. The molecule has 0 N–H and O–H groups in total. The van der Waals surface area contributed by atoms with Crippen LogP contribution in [0.1, 0.15) is 0 Å². The van der Waals surface area contributed by atoms with Gasteiger partial charge >= 0.3 is 0 Å². The lowest BCUT2D eigenvalue weighted by atomic mass is 10.0. The summed E-state index contributed by atoms with van der Waals surface area (Å²) in [5.74, 6) is 0. The Morgan fingerprint density at radius 3 is 1.53 bits per heavy atom. The number of thiophene rings is 1. The lowest BCUT2D eigenvalue weighted by molar-refractivity contribution is 0.669. The summed E-state index contributed by atoms with van der Waals surface area (Å²) < 4.78 is 9.52. The molecule has 0 fully saturated rings. The molecule has 0 unspecified atom stereocenters. The average molecular weight is 811 g/mol. The summed E-state index contributed by atoms with van der Waals surface area (Å²) >= 11 is 1.84. The fourth-order valence-electron chi connectivity index (χ4n) is 9.14. The molecule has 0 bridgehead atoms. The van der Waals surface area contributed by atoms with E-state index >= 15 is 0 Å². The van der Waals surface area contributed by atoms with Crippen LogP contribution in [0.15, 0.2) is 235 Å². The van der Waals surface area contributed by atoms with Gasteiger partial charge in [-0.15, -0.1) is 11.3 Å². The van der Waals surface area contributed by atoms with Gasteiger partial charge < -0.3 is 14.2 Å². The molecule has 4 heteroatoms. The number of nitrogens with zero attached hydrogens (tertiary/aromatic N) is 2. The minimum Gasteiger partial charge on any atom is -0.456 e. The Labute approximate surface area is 363 Å². The highest BCUT2D eigenvalue weighted by molar-refractivity contribution is 7.26. The summed E-state index contributed by atoms with van der Waals surface area (Å²) in [5.41, 5.74) is 12.7. The van der Waals surface area contributed by atoms with E-state index < -0.39 is 0 Å². The Kier molecular flexibility index (Phi) is 8.68. The maximum Gasteiger partial charge on any atom is 0.139 e. The molecule has 0 aliphatic heterocycles. The second kappa shape index (κ2) is 15.0. The summed E-state index contributed by atoms with van der Waals surface area (Å²) in [7, 11) is 0. The number of hydrogen-bond acceptors (Lipinski definition) is 4. The average Bonchev–Trinajstić information content (AvgIpc) is 3.93. The van der Waals surface area contributed by atoms with Crippen LogP contribution in [0.25, 0.3) is 75.1 Å². The molecule has 0 spiro atoms. The summed E-state index contributed by atoms with van der Waals surface area (Å²) in [4.78, 5) is 4.82. The van der Waals surface area contributed by atoms with Crippen molar-refractivity contribution in [3.05, 3.63) is 231 Å². The Balaban J connectivity index is 1.16. The normalized spacial score (nSPS) is 11.5. The molecular weight excluding hydrogens is 773 g/mol. The molecule has 0 saturated carbocycles. The smallest absolute Gasteiger partial charge is 0.139 e. The molecule has 0 amide bonds. The predicted molar refractivity (Wildman–Crippen MR) is 264 cm³/mol. The molecule has 2 heterocycles. The fraction of sp³-hybridized carbons (Fsp3) is 0. The van der Waals surface area contributed by atoms with Crippen molar-refractivity contribution in [1.82, 2.24) is 0 Å². The second-order valence-corrected chi connectivity index (χ2v) is 16.7. The van der Waals surface area contributed by atoms with Crippen molar-refractivity contribution in [2.24, 2.45) is 0 Å². The van der Waals surface area contributed by atoms with Crippen LogP contribution in [0, 0.1) is 0 Å². The van der Waals surface area contributed by atoms with Crippen molar-refractivity contribution in [2.45, 2.75) is 0 Å². The zero-order chi connectivity index (χ0) is 41.0. The summed E-state index contributed by atoms with van der Waals surface area (Å²) in [6, 6.07) is 82.8. The van der Waals surface area contributed by atoms with Crippen LogP contribution in [0.3, 0.4) is 0 Å². The minimum absolute atomic E-state index is 0.820. The molecule has 292 valence electrons. The van der Waals surface area contributed by atoms with Crippen molar-refractivity contribution < 1.29 is 4.42 Å². The van der Waals surface area contributed by atoms with E-state index in [4.69, 9.17) is 4.42 Å². The third-order valence-electron chi connectivity index (χ3n) is 12.0. The van der Waals surface area contributed by atoms with Gasteiger partial charge in [0.15, 0.2) is 0 Å². The Morgan fingerprint density at radius 2 is 0.855 bits per heavy atom. The highest BCUT2D eigenvalue weighted by Gasteiger charge is 2.26. The molecule has 12 aromatic rings. The van der Waals surface area contributed by atoms with E-state index in [9.17, 15) is 0 Å². The van der Waals surface area contributed by atoms with E-state index in [1.807, 2.05) is 11.3 Å². The van der Waals surface area contributed by atoms with Crippen molar-refractivity contribution in [2.75, 3.05) is 9.80 Å². The first kappa shape index (κ1) is 36.0. The largest absolute Gasteiger partial charge is 0.456 e. The molecule has 2 aromatic heterocycles. The molecule has 10 aromatic carbocycles. The first-order valence-electron chi connectivity index (χ1n) is 21.0. The van der Waals surface area contributed by atoms with Crippen LogP contribution >= 0.6 is 11.3 Å². The van der Waals surface area contributed by atoms with Gasteiger partial charge in [0.2, 0.25) is 0 Å². The lowest BCUT2D eigenvalue weighted by Gasteiger charge is -2.30. The van der Waals surface area contributed by atoms with Gasteiger partial charge in [-0.05, 0) is 93.7 Å². The zero-order valence-corrected chi connectivity index (χ0v) is 34.5. The van der Waals surface area contributed by atoms with Crippen LogP contribution < -0.4 is 9.80 Å².